The number of primary amides is 1. The zero-order valence-electron chi connectivity index (χ0n) is 15.5. The molecule has 1 saturated carbocycles. The number of amides is 4. The van der Waals surface area contributed by atoms with Gasteiger partial charge >= 0.3 is 6.03 Å². The molecule has 1 heterocycles. The molecule has 0 bridgehead atoms. The van der Waals surface area contributed by atoms with Gasteiger partial charge < -0.3 is 26.0 Å². The van der Waals surface area contributed by atoms with Crippen molar-refractivity contribution >= 4 is 17.8 Å². The molecule has 3 rings (SSSR count). The number of urea groups is 1. The van der Waals surface area contributed by atoms with Crippen LogP contribution in [0.25, 0.3) is 0 Å². The molecule has 27 heavy (non-hydrogen) atoms. The third-order valence-electron chi connectivity index (χ3n) is 5.35. The van der Waals surface area contributed by atoms with Crippen molar-refractivity contribution < 1.29 is 19.1 Å². The molecule has 8 nitrogen and oxygen atoms in total. The largest absolute Gasteiger partial charge is 0.497 e. The van der Waals surface area contributed by atoms with Crippen LogP contribution in [-0.2, 0) is 16.0 Å². The second-order valence-corrected chi connectivity index (χ2v) is 7.38. The first-order chi connectivity index (χ1) is 12.9. The van der Waals surface area contributed by atoms with Crippen LogP contribution >= 0.6 is 0 Å². The van der Waals surface area contributed by atoms with Crippen LogP contribution in [0.15, 0.2) is 24.3 Å². The Morgan fingerprint density at radius 2 is 2.04 bits per heavy atom. The van der Waals surface area contributed by atoms with E-state index < -0.39 is 11.4 Å². The number of hydrogen-bond donors (Lipinski definition) is 3. The zero-order chi connectivity index (χ0) is 19.4. The third kappa shape index (κ3) is 4.32. The molecule has 1 saturated heterocycles. The Labute approximate surface area is 158 Å². The van der Waals surface area contributed by atoms with E-state index >= 15 is 0 Å². The van der Waals surface area contributed by atoms with Crippen molar-refractivity contribution in [3.63, 3.8) is 0 Å². The molecule has 1 aromatic carbocycles. The summed E-state index contributed by atoms with van der Waals surface area (Å²) in [5.41, 5.74) is 5.34. The number of ether oxygens (including phenoxy) is 1. The lowest BCUT2D eigenvalue weighted by molar-refractivity contribution is -0.153. The molecule has 0 radical (unpaired) electrons. The Morgan fingerprint density at radius 1 is 1.30 bits per heavy atom. The van der Waals surface area contributed by atoms with Crippen LogP contribution in [0.4, 0.5) is 4.79 Å². The smallest absolute Gasteiger partial charge is 0.312 e. The van der Waals surface area contributed by atoms with E-state index in [-0.39, 0.29) is 24.4 Å². The van der Waals surface area contributed by atoms with Gasteiger partial charge in [-0.1, -0.05) is 12.1 Å². The van der Waals surface area contributed by atoms with Crippen LogP contribution in [0.2, 0.25) is 0 Å². The highest BCUT2D eigenvalue weighted by Crippen LogP contribution is 2.36. The van der Waals surface area contributed by atoms with Crippen molar-refractivity contribution in [2.75, 3.05) is 26.7 Å². The Balaban J connectivity index is 1.69. The summed E-state index contributed by atoms with van der Waals surface area (Å²) in [7, 11) is 1.60. The summed E-state index contributed by atoms with van der Waals surface area (Å²) >= 11 is 0. The summed E-state index contributed by atoms with van der Waals surface area (Å²) in [5.74, 6) is 0.480. The van der Waals surface area contributed by atoms with Crippen molar-refractivity contribution in [1.82, 2.24) is 15.5 Å². The van der Waals surface area contributed by atoms with E-state index in [1.54, 1.807) is 12.0 Å². The van der Waals surface area contributed by atoms with Gasteiger partial charge in [-0.2, -0.15) is 0 Å². The van der Waals surface area contributed by atoms with Crippen molar-refractivity contribution in [2.24, 2.45) is 11.1 Å². The summed E-state index contributed by atoms with van der Waals surface area (Å²) < 4.78 is 5.27. The summed E-state index contributed by atoms with van der Waals surface area (Å²) in [6, 6.07) is 7.12. The maximum Gasteiger partial charge on any atom is 0.312 e. The van der Waals surface area contributed by atoms with Gasteiger partial charge in [0.2, 0.25) is 11.8 Å². The van der Waals surface area contributed by atoms with E-state index in [0.29, 0.717) is 19.5 Å². The molecular weight excluding hydrogens is 348 g/mol. The van der Waals surface area contributed by atoms with Gasteiger partial charge in [0.1, 0.15) is 5.75 Å². The quantitative estimate of drug-likeness (QED) is 0.641. The Morgan fingerprint density at radius 3 is 2.63 bits per heavy atom. The molecule has 2 aliphatic rings. The first kappa shape index (κ1) is 19.0. The van der Waals surface area contributed by atoms with Crippen LogP contribution in [0, 0.1) is 5.41 Å². The number of nitrogens with zero attached hydrogens (tertiary/aromatic N) is 1. The van der Waals surface area contributed by atoms with Crippen molar-refractivity contribution in [2.45, 2.75) is 31.7 Å². The second kappa shape index (κ2) is 7.85. The summed E-state index contributed by atoms with van der Waals surface area (Å²) in [5, 5.41) is 5.42. The highest BCUT2D eigenvalue weighted by atomic mass is 16.5. The highest BCUT2D eigenvalue weighted by Gasteiger charge is 2.51. The number of carbonyl (C=O) groups excluding carboxylic acids is 3. The molecule has 146 valence electrons. The number of hydrogen-bond acceptors (Lipinski definition) is 4. The number of nitrogens with one attached hydrogen (secondary N) is 2. The molecule has 0 aromatic heterocycles. The fourth-order valence-corrected chi connectivity index (χ4v) is 3.54. The van der Waals surface area contributed by atoms with Crippen LogP contribution < -0.4 is 21.1 Å². The van der Waals surface area contributed by atoms with Crippen LogP contribution in [-0.4, -0.2) is 55.5 Å². The van der Waals surface area contributed by atoms with Gasteiger partial charge in [-0.05, 0) is 43.4 Å². The normalized spacial score (nSPS) is 18.0. The molecule has 1 aliphatic carbocycles. The lowest BCUT2D eigenvalue weighted by Gasteiger charge is -2.49. The molecule has 4 amide bonds. The maximum absolute atomic E-state index is 13.0. The first-order valence-corrected chi connectivity index (χ1v) is 9.17. The average molecular weight is 374 g/mol. The van der Waals surface area contributed by atoms with Gasteiger partial charge in [-0.15, -0.1) is 0 Å². The van der Waals surface area contributed by atoms with Crippen LogP contribution in [0.5, 0.6) is 5.75 Å². The number of benzene rings is 1. The molecular formula is C19H26N4O4. The van der Waals surface area contributed by atoms with Gasteiger partial charge in [-0.3, -0.25) is 9.59 Å². The van der Waals surface area contributed by atoms with Crippen molar-refractivity contribution in [3.8, 4) is 5.75 Å². The molecule has 2 fully saturated rings. The second-order valence-electron chi connectivity index (χ2n) is 7.38. The number of rotatable bonds is 7. The van der Waals surface area contributed by atoms with Crippen LogP contribution in [0.1, 0.15) is 24.8 Å². The minimum absolute atomic E-state index is 0.0121. The van der Waals surface area contributed by atoms with E-state index in [4.69, 9.17) is 10.5 Å². The Kier molecular flexibility index (Phi) is 5.53. The molecule has 8 heteroatoms. The topological polar surface area (TPSA) is 114 Å². The van der Waals surface area contributed by atoms with Crippen LogP contribution in [0.3, 0.4) is 0 Å². The zero-order valence-corrected chi connectivity index (χ0v) is 15.5. The summed E-state index contributed by atoms with van der Waals surface area (Å²) in [4.78, 5) is 37.5. The van der Waals surface area contributed by atoms with E-state index in [2.05, 4.69) is 10.6 Å². The van der Waals surface area contributed by atoms with Gasteiger partial charge in [0, 0.05) is 19.1 Å². The van der Waals surface area contributed by atoms with Gasteiger partial charge in [0.25, 0.3) is 0 Å². The van der Waals surface area contributed by atoms with Gasteiger partial charge in [0.05, 0.1) is 19.1 Å². The minimum atomic E-state index is -0.741. The average Bonchev–Trinajstić information content (AvgIpc) is 2.58. The molecule has 1 aromatic rings. The maximum atomic E-state index is 13.0. The van der Waals surface area contributed by atoms with Gasteiger partial charge in [-0.25, -0.2) is 4.79 Å². The lowest BCUT2D eigenvalue weighted by Crippen LogP contribution is -2.67. The minimum Gasteiger partial charge on any atom is -0.497 e. The predicted molar refractivity (Wildman–Crippen MR) is 99.1 cm³/mol. The van der Waals surface area contributed by atoms with E-state index in [9.17, 15) is 14.4 Å². The molecule has 0 unspecified atom stereocenters. The van der Waals surface area contributed by atoms with E-state index in [1.807, 2.05) is 24.3 Å². The van der Waals surface area contributed by atoms with Crippen molar-refractivity contribution in [3.05, 3.63) is 29.8 Å². The molecule has 0 atom stereocenters. The molecule has 1 aliphatic heterocycles. The Hall–Kier alpha value is -2.77. The molecule has 0 spiro atoms. The SMILES string of the molecule is COc1cccc(CC2(C(=O)NC3CCC3)CN(C(=O)CNC(N)=O)C2)c1. The third-order valence-corrected chi connectivity index (χ3v) is 5.35. The fourth-order valence-electron chi connectivity index (χ4n) is 3.54. The first-order valence-electron chi connectivity index (χ1n) is 9.17. The number of nitrogens with two attached hydrogens (primary N) is 1. The summed E-state index contributed by atoms with van der Waals surface area (Å²) in [6.07, 6.45) is 3.67. The Bertz CT molecular complexity index is 726. The van der Waals surface area contributed by atoms with Crippen molar-refractivity contribution in [1.29, 1.82) is 0 Å². The number of methoxy groups -OCH3 is 1. The fraction of sp³-hybridized carbons (Fsp3) is 0.526. The highest BCUT2D eigenvalue weighted by molar-refractivity contribution is 5.90. The summed E-state index contributed by atoms with van der Waals surface area (Å²) in [6.45, 7) is 0.485. The van der Waals surface area contributed by atoms with Gasteiger partial charge in [0.15, 0.2) is 0 Å². The molecule has 4 N–H and O–H groups in total. The predicted octanol–water partition coefficient (Wildman–Crippen LogP) is 0.403. The lowest BCUT2D eigenvalue weighted by atomic mass is 9.73. The van der Waals surface area contributed by atoms with E-state index in [1.165, 1.54) is 0 Å². The van der Waals surface area contributed by atoms with E-state index in [0.717, 1.165) is 30.6 Å². The standard InChI is InChI=1S/C19H26N4O4/c1-27-15-7-2-4-13(8-15)9-19(17(25)22-14-5-3-6-14)11-23(12-19)16(24)10-21-18(20)26/h2,4,7-8,14H,3,5-6,9-12H2,1H3,(H,22,25)(H3,20,21,26). The number of likely N-dealkylation sites (tertiary alicyclic amines) is 1. The monoisotopic (exact) mass is 374 g/mol. The number of carbonyl (C=O) groups is 3.